The van der Waals surface area contributed by atoms with Crippen molar-refractivity contribution in [1.29, 1.82) is 0 Å². The highest BCUT2D eigenvalue weighted by Gasteiger charge is 2.13. The van der Waals surface area contributed by atoms with Crippen LogP contribution in [0.3, 0.4) is 0 Å². The maximum Gasteiger partial charge on any atom is 0.237 e. The van der Waals surface area contributed by atoms with Crippen molar-refractivity contribution in [2.75, 3.05) is 20.1 Å². The molecule has 0 aromatic rings. The van der Waals surface area contributed by atoms with E-state index in [2.05, 4.69) is 16.4 Å². The van der Waals surface area contributed by atoms with Crippen LogP contribution in [0.15, 0.2) is 0 Å². The number of carbonyl (C=O) groups is 1. The van der Waals surface area contributed by atoms with Crippen LogP contribution in [-0.4, -0.2) is 32.1 Å². The van der Waals surface area contributed by atoms with Crippen LogP contribution in [0.4, 0.5) is 0 Å². The van der Waals surface area contributed by atoms with E-state index in [-0.39, 0.29) is 11.9 Å². The Morgan fingerprint density at radius 3 is 2.67 bits per heavy atom. The summed E-state index contributed by atoms with van der Waals surface area (Å²) in [5.74, 6) is 0.0912. The molecule has 0 aromatic heterocycles. The summed E-state index contributed by atoms with van der Waals surface area (Å²) in [7, 11) is 1.81. The summed E-state index contributed by atoms with van der Waals surface area (Å²) < 4.78 is 0. The van der Waals surface area contributed by atoms with E-state index < -0.39 is 0 Å². The molecule has 0 aromatic carbocycles. The molecule has 0 spiro atoms. The maximum absolute atomic E-state index is 11.3. The van der Waals surface area contributed by atoms with E-state index >= 15 is 0 Å². The molecule has 0 saturated carbocycles. The van der Waals surface area contributed by atoms with E-state index in [0.717, 1.165) is 19.4 Å². The Kier molecular flexibility index (Phi) is 6.70. The minimum Gasteiger partial charge on any atom is -0.358 e. The highest BCUT2D eigenvalue weighted by atomic mass is 16.2. The summed E-state index contributed by atoms with van der Waals surface area (Å²) in [6, 6.07) is -0.0494. The van der Waals surface area contributed by atoms with E-state index in [1.165, 1.54) is 0 Å². The summed E-state index contributed by atoms with van der Waals surface area (Å²) >= 11 is 0. The van der Waals surface area contributed by atoms with Crippen LogP contribution in [0.25, 0.3) is 0 Å². The van der Waals surface area contributed by atoms with Crippen molar-refractivity contribution in [2.24, 2.45) is 0 Å². The van der Waals surface area contributed by atoms with Crippen LogP contribution in [0.1, 0.15) is 19.8 Å². The molecule has 0 saturated heterocycles. The molecule has 0 fully saturated rings. The highest BCUT2D eigenvalue weighted by molar-refractivity contribution is 5.81. The molecule has 0 aliphatic carbocycles. The van der Waals surface area contributed by atoms with E-state index in [1.54, 1.807) is 0 Å². The third-order valence-electron chi connectivity index (χ3n) is 1.76. The Morgan fingerprint density at radius 1 is 1.58 bits per heavy atom. The van der Waals surface area contributed by atoms with Gasteiger partial charge in [-0.15, -0.1) is 0 Å². The lowest BCUT2D eigenvalue weighted by Gasteiger charge is -2.13. The van der Waals surface area contributed by atoms with Crippen molar-refractivity contribution in [1.82, 2.24) is 10.6 Å². The molecule has 1 amide bonds. The van der Waals surface area contributed by atoms with Gasteiger partial charge in [0.2, 0.25) is 5.91 Å². The average molecular weight is 174 g/mol. The molecular formula is C8H20N3O+. The van der Waals surface area contributed by atoms with Gasteiger partial charge >= 0.3 is 0 Å². The Morgan fingerprint density at radius 2 is 2.25 bits per heavy atom. The lowest BCUT2D eigenvalue weighted by molar-refractivity contribution is -0.368. The zero-order valence-corrected chi connectivity index (χ0v) is 8.02. The number of nitrogens with one attached hydrogen (secondary N) is 2. The third kappa shape index (κ3) is 4.31. The SMILES string of the molecule is CCNC(=O)C(CCC[NH3+])NC. The van der Waals surface area contributed by atoms with Crippen LogP contribution >= 0.6 is 0 Å². The largest absolute Gasteiger partial charge is 0.358 e. The second kappa shape index (κ2) is 7.06. The summed E-state index contributed by atoms with van der Waals surface area (Å²) in [6.45, 7) is 3.50. The Balaban J connectivity index is 3.71. The molecule has 0 heterocycles. The fraction of sp³-hybridized carbons (Fsp3) is 0.875. The predicted molar refractivity (Wildman–Crippen MR) is 48.5 cm³/mol. The lowest BCUT2D eigenvalue weighted by atomic mass is 10.1. The number of hydrogen-bond donors (Lipinski definition) is 3. The number of likely N-dealkylation sites (N-methyl/N-ethyl adjacent to an activating group) is 2. The lowest BCUT2D eigenvalue weighted by Crippen LogP contribution is -2.51. The molecule has 4 heteroatoms. The van der Waals surface area contributed by atoms with Gasteiger partial charge in [-0.25, -0.2) is 0 Å². The Hall–Kier alpha value is -0.610. The van der Waals surface area contributed by atoms with Crippen LogP contribution in [0.2, 0.25) is 0 Å². The monoisotopic (exact) mass is 174 g/mol. The Bertz CT molecular complexity index is 127. The minimum absolute atomic E-state index is 0.0494. The molecule has 0 rings (SSSR count). The fourth-order valence-corrected chi connectivity index (χ4v) is 1.05. The van der Waals surface area contributed by atoms with Crippen molar-refractivity contribution in [3.05, 3.63) is 0 Å². The van der Waals surface area contributed by atoms with Gasteiger partial charge in [0.05, 0.1) is 12.6 Å². The van der Waals surface area contributed by atoms with Gasteiger partial charge in [0.25, 0.3) is 0 Å². The molecule has 1 unspecified atom stereocenters. The quantitative estimate of drug-likeness (QED) is 0.470. The van der Waals surface area contributed by atoms with Gasteiger partial charge in [0.1, 0.15) is 0 Å². The van der Waals surface area contributed by atoms with E-state index in [9.17, 15) is 4.79 Å². The number of quaternary nitrogens is 1. The smallest absolute Gasteiger partial charge is 0.237 e. The minimum atomic E-state index is -0.0494. The predicted octanol–water partition coefficient (Wildman–Crippen LogP) is -1.27. The number of carbonyl (C=O) groups excluding carboxylic acids is 1. The maximum atomic E-state index is 11.3. The van der Waals surface area contributed by atoms with Gasteiger partial charge in [-0.05, 0) is 26.8 Å². The van der Waals surface area contributed by atoms with Gasteiger partial charge < -0.3 is 16.4 Å². The highest BCUT2D eigenvalue weighted by Crippen LogP contribution is 1.94. The van der Waals surface area contributed by atoms with Gasteiger partial charge in [-0.2, -0.15) is 0 Å². The zero-order chi connectivity index (χ0) is 9.40. The standard InChI is InChI=1S/C8H19N3O/c1-3-11-8(12)7(10-2)5-4-6-9/h7,10H,3-6,9H2,1-2H3,(H,11,12)/p+1. The van der Waals surface area contributed by atoms with Crippen LogP contribution in [0.5, 0.6) is 0 Å². The molecule has 1 atom stereocenters. The molecule has 0 aliphatic heterocycles. The first-order chi connectivity index (χ1) is 5.76. The molecule has 72 valence electrons. The van der Waals surface area contributed by atoms with Gasteiger partial charge in [-0.1, -0.05) is 0 Å². The molecule has 0 bridgehead atoms. The van der Waals surface area contributed by atoms with Gasteiger partial charge in [0, 0.05) is 6.54 Å². The van der Waals surface area contributed by atoms with Crippen LogP contribution < -0.4 is 16.4 Å². The Labute approximate surface area is 73.9 Å². The van der Waals surface area contributed by atoms with Crippen molar-refractivity contribution in [3.63, 3.8) is 0 Å². The topological polar surface area (TPSA) is 68.8 Å². The van der Waals surface area contributed by atoms with Crippen molar-refractivity contribution >= 4 is 5.91 Å². The first kappa shape index (κ1) is 11.4. The first-order valence-corrected chi connectivity index (χ1v) is 4.50. The fourth-order valence-electron chi connectivity index (χ4n) is 1.05. The summed E-state index contributed by atoms with van der Waals surface area (Å²) in [4.78, 5) is 11.3. The zero-order valence-electron chi connectivity index (χ0n) is 8.02. The van der Waals surface area contributed by atoms with Gasteiger partial charge in [-0.3, -0.25) is 4.79 Å². The van der Waals surface area contributed by atoms with Crippen molar-refractivity contribution in [2.45, 2.75) is 25.8 Å². The van der Waals surface area contributed by atoms with E-state index in [4.69, 9.17) is 0 Å². The number of amides is 1. The first-order valence-electron chi connectivity index (χ1n) is 4.50. The molecule has 0 radical (unpaired) electrons. The number of hydrogen-bond acceptors (Lipinski definition) is 2. The van der Waals surface area contributed by atoms with Crippen LogP contribution in [-0.2, 0) is 4.79 Å². The van der Waals surface area contributed by atoms with Crippen LogP contribution in [0, 0.1) is 0 Å². The summed E-state index contributed by atoms with van der Waals surface area (Å²) in [5, 5.41) is 5.77. The van der Waals surface area contributed by atoms with Gasteiger partial charge in [0.15, 0.2) is 0 Å². The normalized spacial score (nSPS) is 12.6. The molecular weight excluding hydrogens is 154 g/mol. The van der Waals surface area contributed by atoms with E-state index in [0.29, 0.717) is 6.54 Å². The van der Waals surface area contributed by atoms with Crippen molar-refractivity contribution in [3.8, 4) is 0 Å². The average Bonchev–Trinajstić information content (AvgIpc) is 2.06. The summed E-state index contributed by atoms with van der Waals surface area (Å²) in [6.07, 6.45) is 1.86. The molecule has 12 heavy (non-hydrogen) atoms. The number of rotatable bonds is 6. The second-order valence-corrected chi connectivity index (χ2v) is 2.73. The molecule has 0 aliphatic rings. The molecule has 4 nitrogen and oxygen atoms in total. The van der Waals surface area contributed by atoms with Crippen molar-refractivity contribution < 1.29 is 10.5 Å². The second-order valence-electron chi connectivity index (χ2n) is 2.73. The third-order valence-corrected chi connectivity index (χ3v) is 1.76. The van der Waals surface area contributed by atoms with E-state index in [1.807, 2.05) is 14.0 Å². The summed E-state index contributed by atoms with van der Waals surface area (Å²) in [5.41, 5.74) is 3.74. The molecule has 5 N–H and O–H groups in total.